The first-order valence-electron chi connectivity index (χ1n) is 11.1. The van der Waals surface area contributed by atoms with Gasteiger partial charge in [-0.3, -0.25) is 19.8 Å². The molecule has 1 aromatic heterocycles. The van der Waals surface area contributed by atoms with Crippen molar-refractivity contribution in [2.75, 3.05) is 17.5 Å². The van der Waals surface area contributed by atoms with Crippen LogP contribution in [0.15, 0.2) is 65.1 Å². The summed E-state index contributed by atoms with van der Waals surface area (Å²) in [6.45, 7) is 2.10. The molecule has 0 radical (unpaired) electrons. The molecule has 188 valence electrons. The number of benzene rings is 3. The van der Waals surface area contributed by atoms with Gasteiger partial charge < -0.3 is 20.1 Å². The molecule has 9 nitrogen and oxygen atoms in total. The van der Waals surface area contributed by atoms with Crippen molar-refractivity contribution in [2.24, 2.45) is 0 Å². The molecule has 2 heterocycles. The maximum Gasteiger partial charge on any atom is 0.328 e. The first kappa shape index (κ1) is 24.7. The SMILES string of the molecule is Cc1ccc(NC(=O)c2cc3cc(Br)ccc3n2NC(=O)C(=O)NCc2ccc3c(c2)OCO3)cc1Cl. The molecule has 3 amide bonds. The number of rotatable bonds is 5. The lowest BCUT2D eigenvalue weighted by Gasteiger charge is -2.13. The van der Waals surface area contributed by atoms with E-state index in [0.29, 0.717) is 33.1 Å². The van der Waals surface area contributed by atoms with Crippen molar-refractivity contribution >= 4 is 61.8 Å². The third-order valence-corrected chi connectivity index (χ3v) is 6.64. The van der Waals surface area contributed by atoms with Crippen LogP contribution >= 0.6 is 27.5 Å². The summed E-state index contributed by atoms with van der Waals surface area (Å²) in [5.41, 5.74) is 5.30. The second kappa shape index (κ2) is 10.2. The highest BCUT2D eigenvalue weighted by molar-refractivity contribution is 9.10. The Morgan fingerprint density at radius 1 is 0.973 bits per heavy atom. The Labute approximate surface area is 224 Å². The maximum atomic E-state index is 13.2. The number of aromatic nitrogens is 1. The zero-order valence-electron chi connectivity index (χ0n) is 19.4. The first-order valence-corrected chi connectivity index (χ1v) is 12.3. The normalized spacial score (nSPS) is 11.9. The lowest BCUT2D eigenvalue weighted by molar-refractivity contribution is -0.136. The van der Waals surface area contributed by atoms with Crippen molar-refractivity contribution in [3.8, 4) is 11.5 Å². The number of anilines is 1. The molecular weight excluding hydrogens is 564 g/mol. The number of fused-ring (bicyclic) bond motifs is 2. The van der Waals surface area contributed by atoms with E-state index < -0.39 is 17.7 Å². The standard InChI is InChI=1S/C26H20BrClN4O5/c1-14-2-5-18(11-19(14)28)30-24(33)21-10-16-9-17(27)4-6-20(16)32(21)31-26(35)25(34)29-12-15-3-7-22-23(8-15)37-13-36-22/h2-11H,12-13H2,1H3,(H,29,34)(H,30,33)(H,31,35). The number of nitrogens with zero attached hydrogens (tertiary/aromatic N) is 1. The van der Waals surface area contributed by atoms with E-state index >= 15 is 0 Å². The van der Waals surface area contributed by atoms with Gasteiger partial charge in [0.1, 0.15) is 5.69 Å². The molecule has 0 fully saturated rings. The molecule has 0 saturated carbocycles. The van der Waals surface area contributed by atoms with Gasteiger partial charge in [0.15, 0.2) is 11.5 Å². The number of amides is 3. The minimum absolute atomic E-state index is 0.101. The molecule has 3 aromatic carbocycles. The zero-order chi connectivity index (χ0) is 26.1. The van der Waals surface area contributed by atoms with Crippen LogP contribution in [0.3, 0.4) is 0 Å². The first-order chi connectivity index (χ1) is 17.8. The second-order valence-electron chi connectivity index (χ2n) is 8.30. The molecule has 4 aromatic rings. The summed E-state index contributed by atoms with van der Waals surface area (Å²) in [6.07, 6.45) is 0. The molecule has 3 N–H and O–H groups in total. The van der Waals surface area contributed by atoms with Gasteiger partial charge in [0.05, 0.1) is 5.52 Å². The van der Waals surface area contributed by atoms with Crippen molar-refractivity contribution < 1.29 is 23.9 Å². The van der Waals surface area contributed by atoms with Gasteiger partial charge in [-0.25, -0.2) is 4.68 Å². The van der Waals surface area contributed by atoms with Crippen LogP contribution in [0, 0.1) is 6.92 Å². The predicted octanol–water partition coefficient (Wildman–Crippen LogP) is 4.73. The number of nitrogens with one attached hydrogen (secondary N) is 3. The Hall–Kier alpha value is -4.02. The van der Waals surface area contributed by atoms with E-state index in [4.69, 9.17) is 21.1 Å². The predicted molar refractivity (Wildman–Crippen MR) is 143 cm³/mol. The van der Waals surface area contributed by atoms with Crippen molar-refractivity contribution in [2.45, 2.75) is 13.5 Å². The van der Waals surface area contributed by atoms with Gasteiger partial charge in [0, 0.05) is 27.1 Å². The van der Waals surface area contributed by atoms with Crippen LogP contribution in [0.2, 0.25) is 5.02 Å². The number of hydrogen-bond donors (Lipinski definition) is 3. The van der Waals surface area contributed by atoms with Crippen LogP contribution in [-0.2, 0) is 16.1 Å². The summed E-state index contributed by atoms with van der Waals surface area (Å²) < 4.78 is 12.7. The fraction of sp³-hybridized carbons (Fsp3) is 0.115. The summed E-state index contributed by atoms with van der Waals surface area (Å²) in [5.74, 6) is -1.10. The van der Waals surface area contributed by atoms with E-state index in [-0.39, 0.29) is 19.0 Å². The maximum absolute atomic E-state index is 13.2. The number of aryl methyl sites for hydroxylation is 1. The summed E-state index contributed by atoms with van der Waals surface area (Å²) in [7, 11) is 0. The quantitative estimate of drug-likeness (QED) is 0.294. The molecule has 1 aliphatic rings. The monoisotopic (exact) mass is 582 g/mol. The molecule has 1 aliphatic heterocycles. The molecule has 0 atom stereocenters. The van der Waals surface area contributed by atoms with Gasteiger partial charge in [0.2, 0.25) is 6.79 Å². The fourth-order valence-corrected chi connectivity index (χ4v) is 4.36. The highest BCUT2D eigenvalue weighted by Gasteiger charge is 2.21. The van der Waals surface area contributed by atoms with Gasteiger partial charge in [0.25, 0.3) is 5.91 Å². The van der Waals surface area contributed by atoms with E-state index in [2.05, 4.69) is 32.0 Å². The average molecular weight is 584 g/mol. The molecule has 11 heteroatoms. The van der Waals surface area contributed by atoms with Gasteiger partial charge in [-0.05, 0) is 66.6 Å². The largest absolute Gasteiger partial charge is 0.454 e. The number of carbonyl (C=O) groups is 3. The lowest BCUT2D eigenvalue weighted by atomic mass is 10.2. The lowest BCUT2D eigenvalue weighted by Crippen LogP contribution is -2.39. The highest BCUT2D eigenvalue weighted by atomic mass is 79.9. The molecule has 37 heavy (non-hydrogen) atoms. The van der Waals surface area contributed by atoms with Crippen molar-refractivity contribution in [3.05, 3.63) is 87.0 Å². The summed E-state index contributed by atoms with van der Waals surface area (Å²) in [4.78, 5) is 38.6. The molecule has 0 aliphatic carbocycles. The Bertz CT molecular complexity index is 1570. The minimum atomic E-state index is -0.936. The fourth-order valence-electron chi connectivity index (χ4n) is 3.81. The minimum Gasteiger partial charge on any atom is -0.454 e. The second-order valence-corrected chi connectivity index (χ2v) is 9.62. The van der Waals surface area contributed by atoms with Crippen molar-refractivity contribution in [3.63, 3.8) is 0 Å². The number of carbonyl (C=O) groups excluding carboxylic acids is 3. The zero-order valence-corrected chi connectivity index (χ0v) is 21.8. The molecule has 0 unspecified atom stereocenters. The van der Waals surface area contributed by atoms with Crippen LogP contribution in [0.25, 0.3) is 10.9 Å². The molecule has 0 spiro atoms. The Morgan fingerprint density at radius 3 is 2.59 bits per heavy atom. The van der Waals surface area contributed by atoms with Crippen LogP contribution in [0.5, 0.6) is 11.5 Å². The summed E-state index contributed by atoms with van der Waals surface area (Å²) in [5, 5.41) is 6.55. The van der Waals surface area contributed by atoms with E-state index in [1.165, 1.54) is 4.68 Å². The number of ether oxygens (including phenoxy) is 2. The summed E-state index contributed by atoms with van der Waals surface area (Å²) in [6, 6.07) is 17.3. The van der Waals surface area contributed by atoms with Gasteiger partial charge in [-0.15, -0.1) is 0 Å². The Kier molecular flexibility index (Phi) is 6.77. The average Bonchev–Trinajstić information content (AvgIpc) is 3.48. The van der Waals surface area contributed by atoms with Gasteiger partial charge in [-0.2, -0.15) is 0 Å². The van der Waals surface area contributed by atoms with Crippen molar-refractivity contribution in [1.82, 2.24) is 9.99 Å². The highest BCUT2D eigenvalue weighted by Crippen LogP contribution is 2.32. The van der Waals surface area contributed by atoms with E-state index in [1.54, 1.807) is 60.7 Å². The molecule has 5 rings (SSSR count). The Balaban J connectivity index is 1.35. The topological polar surface area (TPSA) is 111 Å². The van der Waals surface area contributed by atoms with Crippen LogP contribution in [-0.4, -0.2) is 29.2 Å². The van der Waals surface area contributed by atoms with Gasteiger partial charge in [-0.1, -0.05) is 39.7 Å². The number of halogens is 2. The molecule has 0 bridgehead atoms. The van der Waals surface area contributed by atoms with Gasteiger partial charge >= 0.3 is 11.8 Å². The van der Waals surface area contributed by atoms with E-state index in [0.717, 1.165) is 15.6 Å². The molecule has 0 saturated heterocycles. The van der Waals surface area contributed by atoms with Crippen LogP contribution in [0.1, 0.15) is 21.6 Å². The number of hydrogen-bond acceptors (Lipinski definition) is 5. The summed E-state index contributed by atoms with van der Waals surface area (Å²) >= 11 is 9.60. The van der Waals surface area contributed by atoms with E-state index in [1.807, 2.05) is 6.92 Å². The van der Waals surface area contributed by atoms with Crippen LogP contribution in [0.4, 0.5) is 5.69 Å². The van der Waals surface area contributed by atoms with Crippen LogP contribution < -0.4 is 25.5 Å². The van der Waals surface area contributed by atoms with E-state index in [9.17, 15) is 14.4 Å². The van der Waals surface area contributed by atoms with Crippen molar-refractivity contribution in [1.29, 1.82) is 0 Å². The third kappa shape index (κ3) is 5.25. The third-order valence-electron chi connectivity index (χ3n) is 5.74. The Morgan fingerprint density at radius 2 is 1.78 bits per heavy atom. The smallest absolute Gasteiger partial charge is 0.328 e. The molecular formula is C26H20BrClN4O5.